The number of carbonyl (C=O) groups excluding carboxylic acids is 3. The molecule has 3 saturated heterocycles. The summed E-state index contributed by atoms with van der Waals surface area (Å²) >= 11 is 0. The molecule has 6 atom stereocenters. The van der Waals surface area contributed by atoms with Gasteiger partial charge in [0, 0.05) is 18.8 Å². The minimum Gasteiger partial charge on any atom is -0.465 e. The number of nitrogens with one attached hydrogen (secondary N) is 4. The molecule has 3 fully saturated rings. The molecule has 8 rings (SSSR count). The average Bonchev–Trinajstić information content (AvgIpc) is 4.12. The van der Waals surface area contributed by atoms with Crippen molar-refractivity contribution in [2.24, 2.45) is 11.8 Å². The summed E-state index contributed by atoms with van der Waals surface area (Å²) < 4.78 is 35.8. The van der Waals surface area contributed by atoms with E-state index in [4.69, 9.17) is 19.4 Å². The molecule has 3 aromatic carbocycles. The van der Waals surface area contributed by atoms with Gasteiger partial charge in [-0.15, -0.1) is 0 Å². The van der Waals surface area contributed by atoms with Crippen molar-refractivity contribution in [3.8, 4) is 5.75 Å². The molecule has 64 heavy (non-hydrogen) atoms. The molecule has 5 aromatic rings. The van der Waals surface area contributed by atoms with Crippen LogP contribution in [0.4, 0.5) is 24.1 Å². The molecule has 0 saturated carbocycles. The molecule has 0 radical (unpaired) electrons. The Morgan fingerprint density at radius 1 is 0.703 bits per heavy atom. The third-order valence-electron chi connectivity index (χ3n) is 12.9. The zero-order valence-electron chi connectivity index (χ0n) is 36.5. The summed E-state index contributed by atoms with van der Waals surface area (Å²) in [5.74, 6) is 0.502. The zero-order chi connectivity index (χ0) is 45.4. The maximum Gasteiger partial charge on any atom is 0.407 e. The molecule has 0 aliphatic carbocycles. The highest BCUT2D eigenvalue weighted by atomic mass is 19.3. The molecule has 18 heteroatoms. The highest BCUT2D eigenvalue weighted by Crippen LogP contribution is 2.48. The van der Waals surface area contributed by atoms with Gasteiger partial charge in [0.05, 0.1) is 53.3 Å². The number of anilines is 1. The Morgan fingerprint density at radius 3 is 1.62 bits per heavy atom. The lowest BCUT2D eigenvalue weighted by molar-refractivity contribution is -0.136. The number of rotatable bonds is 13. The number of benzene rings is 3. The van der Waals surface area contributed by atoms with E-state index in [9.17, 15) is 33.1 Å². The first-order chi connectivity index (χ1) is 30.7. The number of imidazole rings is 2. The molecule has 0 spiro atoms. The Morgan fingerprint density at radius 2 is 1.19 bits per heavy atom. The van der Waals surface area contributed by atoms with Crippen LogP contribution >= 0.6 is 0 Å². The number of aromatic amines is 2. The van der Waals surface area contributed by atoms with Gasteiger partial charge in [0.25, 0.3) is 0 Å². The molecule has 4 amide bonds. The number of H-pyrrole nitrogens is 2. The molecule has 2 aromatic heterocycles. The monoisotopic (exact) mass is 883 g/mol. The smallest absolute Gasteiger partial charge is 0.407 e. The third-order valence-corrected chi connectivity index (χ3v) is 12.9. The van der Waals surface area contributed by atoms with E-state index in [0.29, 0.717) is 37.6 Å². The van der Waals surface area contributed by atoms with E-state index < -0.39 is 30.9 Å². The largest absolute Gasteiger partial charge is 0.465 e. The minimum absolute atomic E-state index is 0.0574. The summed E-state index contributed by atoms with van der Waals surface area (Å²) in [5.41, 5.74) is 5.95. The third kappa shape index (κ3) is 8.86. The van der Waals surface area contributed by atoms with Crippen molar-refractivity contribution < 1.29 is 42.5 Å². The molecule has 5 N–H and O–H groups in total. The van der Waals surface area contributed by atoms with Crippen LogP contribution in [0, 0.1) is 11.8 Å². The number of alkyl carbamates (subject to hydrolysis) is 1. The summed E-state index contributed by atoms with van der Waals surface area (Å²) in [6, 6.07) is 16.4. The molecule has 0 bridgehead atoms. The van der Waals surface area contributed by atoms with Gasteiger partial charge in [0.2, 0.25) is 11.8 Å². The average molecular weight is 884 g/mol. The predicted octanol–water partition coefficient (Wildman–Crippen LogP) is 8.12. The number of nitrogens with zero attached hydrogens (tertiary/aromatic N) is 5. The summed E-state index contributed by atoms with van der Waals surface area (Å²) in [6.07, 6.45) is 2.58. The van der Waals surface area contributed by atoms with Gasteiger partial charge in [-0.05, 0) is 110 Å². The van der Waals surface area contributed by atoms with E-state index in [1.54, 1.807) is 34.1 Å². The summed E-state index contributed by atoms with van der Waals surface area (Å²) in [5, 5.41) is 14.5. The van der Waals surface area contributed by atoms with E-state index in [1.807, 2.05) is 45.9 Å². The van der Waals surface area contributed by atoms with E-state index in [1.165, 1.54) is 7.11 Å². The van der Waals surface area contributed by atoms with E-state index in [2.05, 4.69) is 43.7 Å². The van der Waals surface area contributed by atoms with E-state index in [-0.39, 0.29) is 53.6 Å². The molecule has 1 unspecified atom stereocenters. The number of methoxy groups -OCH3 is 1. The van der Waals surface area contributed by atoms with Crippen molar-refractivity contribution in [1.82, 2.24) is 40.4 Å². The van der Waals surface area contributed by atoms with Crippen LogP contribution in [0.15, 0.2) is 60.7 Å². The number of hydrogen-bond acceptors (Lipinski definition) is 9. The predicted molar refractivity (Wildman–Crippen MR) is 234 cm³/mol. The molecular weight excluding hydrogens is 829 g/mol. The first-order valence-corrected chi connectivity index (χ1v) is 22.0. The van der Waals surface area contributed by atoms with Gasteiger partial charge in [-0.3, -0.25) is 9.59 Å². The van der Waals surface area contributed by atoms with Crippen molar-refractivity contribution in [3.05, 3.63) is 83.4 Å². The molecule has 340 valence electrons. The van der Waals surface area contributed by atoms with Crippen molar-refractivity contribution in [1.29, 1.82) is 0 Å². The Balaban J connectivity index is 1.08. The topological polar surface area (TPSA) is 198 Å². The molecule has 5 heterocycles. The molecular formula is C46H55F2N9O7. The van der Waals surface area contributed by atoms with Gasteiger partial charge in [0.1, 0.15) is 29.5 Å². The van der Waals surface area contributed by atoms with Crippen LogP contribution in [-0.4, -0.2) is 97.7 Å². The normalized spacial score (nSPS) is 21.1. The Bertz CT molecular complexity index is 2510. The SMILES string of the molecule is COC(=O)N[C@H](C(=O)N1CCCC1c1nc2ccc([C@H]3CC[C@H](c4ccc5nc([C@@H]6CCCN6C(=O)[C@@H](NC(=O)O)C(C)C)[nH]c5c4)N3c3ccc(OC(F)F)cc3)cc2[nH]1)C(C)C. The maximum atomic E-state index is 13.8. The number of carbonyl (C=O) groups is 4. The fourth-order valence-corrected chi connectivity index (χ4v) is 9.78. The lowest BCUT2D eigenvalue weighted by Crippen LogP contribution is -2.51. The number of aromatic nitrogens is 4. The quantitative estimate of drug-likeness (QED) is 0.0770. The second kappa shape index (κ2) is 18.3. The van der Waals surface area contributed by atoms with Crippen molar-refractivity contribution in [2.45, 2.75) is 109 Å². The first kappa shape index (κ1) is 44.2. The number of likely N-dealkylation sites (tertiary alicyclic amines) is 2. The fraction of sp³-hybridized carbons (Fsp3) is 0.478. The lowest BCUT2D eigenvalue weighted by Gasteiger charge is -2.33. The zero-order valence-corrected chi connectivity index (χ0v) is 36.5. The maximum absolute atomic E-state index is 13.8. The van der Waals surface area contributed by atoms with Gasteiger partial charge < -0.3 is 49.9 Å². The number of hydrogen-bond donors (Lipinski definition) is 5. The summed E-state index contributed by atoms with van der Waals surface area (Å²) in [6.45, 7) is 5.46. The van der Waals surface area contributed by atoms with Crippen LogP contribution in [-0.2, 0) is 14.3 Å². The standard InChI is InChI=1S/C46H55F2N9O7/c1-24(2)38(53-45(60)61)42(58)55-20-6-8-36(55)40-49-30-16-10-26(22-32(30)51-40)34-18-19-35(57(34)28-12-14-29(15-13-28)64-44(47)48)27-11-17-31-33(23-27)52-41(50-31)37-9-7-21-56(37)43(59)39(25(3)4)54-46(62)63-5/h10-17,22-25,34-39,44,53H,6-9,18-21H2,1-5H3,(H,49,51)(H,50,52)(H,54,62)(H,60,61)/t34-,35-,36+,37?,38+,39+/m1/s1. The number of alkyl halides is 2. The first-order valence-electron chi connectivity index (χ1n) is 22.0. The Hall–Kier alpha value is -6.46. The second-order valence-electron chi connectivity index (χ2n) is 17.6. The lowest BCUT2D eigenvalue weighted by atomic mass is 10.0. The van der Waals surface area contributed by atoms with E-state index in [0.717, 1.165) is 64.6 Å². The van der Waals surface area contributed by atoms with Crippen LogP contribution in [0.2, 0.25) is 0 Å². The van der Waals surface area contributed by atoms with Crippen molar-refractivity contribution in [2.75, 3.05) is 25.1 Å². The number of carboxylic acid groups (broad SMARTS) is 1. The molecule has 3 aliphatic heterocycles. The number of ether oxygens (including phenoxy) is 2. The number of amides is 4. The number of fused-ring (bicyclic) bond motifs is 2. The second-order valence-corrected chi connectivity index (χ2v) is 17.6. The van der Waals surface area contributed by atoms with Gasteiger partial charge >= 0.3 is 18.8 Å². The Labute approximate surface area is 369 Å². The Kier molecular flexibility index (Phi) is 12.6. The van der Waals surface area contributed by atoms with Crippen LogP contribution < -0.4 is 20.3 Å². The van der Waals surface area contributed by atoms with Crippen LogP contribution in [0.5, 0.6) is 5.75 Å². The van der Waals surface area contributed by atoms with Crippen LogP contribution in [0.1, 0.15) is 113 Å². The highest BCUT2D eigenvalue weighted by Gasteiger charge is 2.40. The highest BCUT2D eigenvalue weighted by molar-refractivity contribution is 5.87. The van der Waals surface area contributed by atoms with Crippen molar-refractivity contribution >= 4 is 51.8 Å². The van der Waals surface area contributed by atoms with Gasteiger partial charge in [-0.25, -0.2) is 19.6 Å². The molecule has 3 aliphatic rings. The van der Waals surface area contributed by atoms with Gasteiger partial charge in [0.15, 0.2) is 0 Å². The fourth-order valence-electron chi connectivity index (χ4n) is 9.78. The van der Waals surface area contributed by atoms with Crippen molar-refractivity contribution in [3.63, 3.8) is 0 Å². The summed E-state index contributed by atoms with van der Waals surface area (Å²) in [7, 11) is 1.27. The van der Waals surface area contributed by atoms with Gasteiger partial charge in [-0.2, -0.15) is 8.78 Å². The number of halogens is 2. The van der Waals surface area contributed by atoms with Crippen LogP contribution in [0.25, 0.3) is 22.1 Å². The van der Waals surface area contributed by atoms with E-state index >= 15 is 0 Å². The van der Waals surface area contributed by atoms with Gasteiger partial charge in [-0.1, -0.05) is 39.8 Å². The minimum atomic E-state index is -2.95. The molecule has 16 nitrogen and oxygen atoms in total. The summed E-state index contributed by atoms with van der Waals surface area (Å²) in [4.78, 5) is 73.8. The van der Waals surface area contributed by atoms with Crippen LogP contribution in [0.3, 0.4) is 0 Å².